The molecule has 8 nitrogen and oxygen atoms in total. The Balaban J connectivity index is 1.47. The Labute approximate surface area is 157 Å². The number of hydrogen-bond acceptors (Lipinski definition) is 6. The van der Waals surface area contributed by atoms with E-state index >= 15 is 0 Å². The lowest BCUT2D eigenvalue weighted by atomic mass is 9.77. The number of carbonyl (C=O) groups excluding carboxylic acids is 1. The van der Waals surface area contributed by atoms with Gasteiger partial charge >= 0.3 is 5.97 Å². The Hall–Kier alpha value is -2.48. The summed E-state index contributed by atoms with van der Waals surface area (Å²) in [5.74, 6) is 0.403. The van der Waals surface area contributed by atoms with E-state index in [1.54, 1.807) is 19.1 Å². The molecule has 0 radical (unpaired) electrons. The van der Waals surface area contributed by atoms with Gasteiger partial charge in [0.1, 0.15) is 0 Å². The van der Waals surface area contributed by atoms with Gasteiger partial charge in [0.05, 0.1) is 18.6 Å². The van der Waals surface area contributed by atoms with Crippen molar-refractivity contribution in [2.45, 2.75) is 31.3 Å². The van der Waals surface area contributed by atoms with Gasteiger partial charge in [-0.2, -0.15) is 0 Å². The minimum atomic E-state index is -0.873. The highest BCUT2D eigenvalue weighted by Gasteiger charge is 2.55. The van der Waals surface area contributed by atoms with E-state index in [2.05, 4.69) is 4.90 Å². The number of piperidine rings is 1. The first-order chi connectivity index (χ1) is 12.9. The van der Waals surface area contributed by atoms with Crippen LogP contribution in [0.15, 0.2) is 12.1 Å². The zero-order valence-electron chi connectivity index (χ0n) is 15.6. The molecule has 146 valence electrons. The number of carboxylic acid groups (broad SMARTS) is 1. The van der Waals surface area contributed by atoms with E-state index in [-0.39, 0.29) is 19.1 Å². The first-order valence-corrected chi connectivity index (χ1v) is 9.13. The number of amides is 1. The average molecular weight is 376 g/mol. The molecule has 1 N–H and O–H groups in total. The highest BCUT2D eigenvalue weighted by atomic mass is 16.7. The number of benzene rings is 1. The number of rotatable bonds is 4. The third kappa shape index (κ3) is 2.88. The summed E-state index contributed by atoms with van der Waals surface area (Å²) in [4.78, 5) is 27.8. The number of carboxylic acids is 1. The largest absolute Gasteiger partial charge is 0.493 e. The molecule has 2 fully saturated rings. The lowest BCUT2D eigenvalue weighted by Gasteiger charge is -2.45. The molecule has 1 aromatic rings. The fourth-order valence-electron chi connectivity index (χ4n) is 4.62. The summed E-state index contributed by atoms with van der Waals surface area (Å²) in [6.45, 7) is 2.37. The quantitative estimate of drug-likeness (QED) is 0.848. The first kappa shape index (κ1) is 17.9. The average Bonchev–Trinajstić information content (AvgIpc) is 3.22. The van der Waals surface area contributed by atoms with Crippen LogP contribution in [0.5, 0.6) is 17.2 Å². The van der Waals surface area contributed by atoms with Crippen LogP contribution in [0.25, 0.3) is 0 Å². The predicted molar refractivity (Wildman–Crippen MR) is 94.9 cm³/mol. The molecular formula is C19H24N2O6. The molecule has 0 saturated carbocycles. The maximum atomic E-state index is 12.1. The van der Waals surface area contributed by atoms with Crippen molar-refractivity contribution >= 4 is 11.9 Å². The van der Waals surface area contributed by atoms with Crippen molar-refractivity contribution < 1.29 is 28.9 Å². The van der Waals surface area contributed by atoms with Gasteiger partial charge in [0.25, 0.3) is 0 Å². The highest BCUT2D eigenvalue weighted by molar-refractivity contribution is 5.88. The smallest absolute Gasteiger partial charge is 0.309 e. The first-order valence-electron chi connectivity index (χ1n) is 9.13. The van der Waals surface area contributed by atoms with E-state index in [1.165, 1.54) is 0 Å². The second-order valence-electron chi connectivity index (χ2n) is 7.46. The fraction of sp³-hybridized carbons (Fsp3) is 0.579. The number of fused-ring (bicyclic) bond motifs is 1. The summed E-state index contributed by atoms with van der Waals surface area (Å²) in [5, 5.41) is 9.58. The normalized spacial score (nSPS) is 23.9. The Bertz CT molecular complexity index is 772. The zero-order valence-corrected chi connectivity index (χ0v) is 15.6. The molecule has 1 aromatic carbocycles. The number of nitrogens with zero attached hydrogens (tertiary/aromatic N) is 2. The summed E-state index contributed by atoms with van der Waals surface area (Å²) in [6.07, 6.45) is 1.42. The Morgan fingerprint density at radius 2 is 2.07 bits per heavy atom. The molecule has 8 heteroatoms. The number of methoxy groups -OCH3 is 1. The molecule has 3 aliphatic heterocycles. The van der Waals surface area contributed by atoms with Crippen LogP contribution in [0.2, 0.25) is 0 Å². The Kier molecular flexibility index (Phi) is 4.38. The SMILES string of the molecule is COc1cc(CN2CCC3(CC2)[C@H](C(=O)O)CC(=O)N3C)cc2c1OCO2. The topological polar surface area (TPSA) is 88.5 Å². The third-order valence-corrected chi connectivity index (χ3v) is 6.21. The molecule has 4 rings (SSSR count). The van der Waals surface area contributed by atoms with Gasteiger partial charge in [-0.05, 0) is 30.5 Å². The molecule has 3 heterocycles. The van der Waals surface area contributed by atoms with Gasteiger partial charge in [0, 0.05) is 33.1 Å². The number of carbonyl (C=O) groups is 2. The number of aliphatic carboxylic acids is 1. The van der Waals surface area contributed by atoms with Gasteiger partial charge < -0.3 is 24.2 Å². The number of hydrogen-bond donors (Lipinski definition) is 1. The molecule has 2 saturated heterocycles. The monoisotopic (exact) mass is 376 g/mol. The van der Waals surface area contributed by atoms with Crippen LogP contribution in [0.1, 0.15) is 24.8 Å². The molecule has 0 aliphatic carbocycles. The van der Waals surface area contributed by atoms with E-state index < -0.39 is 17.4 Å². The van der Waals surface area contributed by atoms with Gasteiger partial charge in [-0.3, -0.25) is 14.5 Å². The van der Waals surface area contributed by atoms with Crippen LogP contribution in [0.3, 0.4) is 0 Å². The fourth-order valence-corrected chi connectivity index (χ4v) is 4.62. The molecule has 0 unspecified atom stereocenters. The van der Waals surface area contributed by atoms with Gasteiger partial charge in [-0.25, -0.2) is 0 Å². The van der Waals surface area contributed by atoms with Crippen LogP contribution in [-0.2, 0) is 16.1 Å². The summed E-state index contributed by atoms with van der Waals surface area (Å²) in [6, 6.07) is 3.91. The zero-order chi connectivity index (χ0) is 19.2. The maximum absolute atomic E-state index is 12.1. The molecule has 3 aliphatic rings. The van der Waals surface area contributed by atoms with Crippen LogP contribution >= 0.6 is 0 Å². The van der Waals surface area contributed by atoms with E-state index in [1.807, 2.05) is 12.1 Å². The van der Waals surface area contributed by atoms with Crippen molar-refractivity contribution in [3.05, 3.63) is 17.7 Å². The minimum absolute atomic E-state index is 0.0728. The second kappa shape index (κ2) is 6.60. The molecule has 27 heavy (non-hydrogen) atoms. The van der Waals surface area contributed by atoms with Crippen molar-refractivity contribution in [2.24, 2.45) is 5.92 Å². The number of likely N-dealkylation sites (tertiary alicyclic amines) is 2. The summed E-state index contributed by atoms with van der Waals surface area (Å²) in [7, 11) is 3.34. The minimum Gasteiger partial charge on any atom is -0.493 e. The van der Waals surface area contributed by atoms with Crippen LogP contribution in [-0.4, -0.2) is 66.4 Å². The maximum Gasteiger partial charge on any atom is 0.309 e. The molecule has 0 aromatic heterocycles. The van der Waals surface area contributed by atoms with E-state index in [4.69, 9.17) is 14.2 Å². The Morgan fingerprint density at radius 3 is 2.74 bits per heavy atom. The van der Waals surface area contributed by atoms with E-state index in [9.17, 15) is 14.7 Å². The molecule has 1 amide bonds. The van der Waals surface area contributed by atoms with Crippen LogP contribution < -0.4 is 14.2 Å². The summed E-state index contributed by atoms with van der Waals surface area (Å²) in [5.41, 5.74) is 0.490. The lowest BCUT2D eigenvalue weighted by molar-refractivity contribution is -0.146. The lowest BCUT2D eigenvalue weighted by Crippen LogP contribution is -2.55. The molecule has 0 bridgehead atoms. The van der Waals surface area contributed by atoms with Gasteiger partial charge in [-0.15, -0.1) is 0 Å². The summed E-state index contributed by atoms with van der Waals surface area (Å²) < 4.78 is 16.3. The molecular weight excluding hydrogens is 352 g/mol. The number of ether oxygens (including phenoxy) is 3. The van der Waals surface area contributed by atoms with Crippen LogP contribution in [0, 0.1) is 5.92 Å². The van der Waals surface area contributed by atoms with Crippen molar-refractivity contribution in [2.75, 3.05) is 34.0 Å². The van der Waals surface area contributed by atoms with Gasteiger partial charge in [0.15, 0.2) is 11.5 Å². The molecule has 1 atom stereocenters. The van der Waals surface area contributed by atoms with Crippen LogP contribution in [0.4, 0.5) is 0 Å². The van der Waals surface area contributed by atoms with E-state index in [0.29, 0.717) is 36.6 Å². The second-order valence-corrected chi connectivity index (χ2v) is 7.46. The third-order valence-electron chi connectivity index (χ3n) is 6.21. The molecule has 1 spiro atoms. The van der Waals surface area contributed by atoms with Gasteiger partial charge in [0.2, 0.25) is 18.4 Å². The highest BCUT2D eigenvalue weighted by Crippen LogP contribution is 2.44. The summed E-state index contributed by atoms with van der Waals surface area (Å²) >= 11 is 0. The predicted octanol–water partition coefficient (Wildman–Crippen LogP) is 1.32. The standard InChI is InChI=1S/C19H24N2O6/c1-20-16(22)9-13(18(23)24)19(20)3-5-21(6-4-19)10-12-7-14(25-2)17-15(8-12)26-11-27-17/h7-8,13H,3-6,9-11H2,1-2H3,(H,23,24)/t13-/m0/s1. The van der Waals surface area contributed by atoms with Crippen molar-refractivity contribution in [3.63, 3.8) is 0 Å². The Morgan fingerprint density at radius 1 is 1.33 bits per heavy atom. The van der Waals surface area contributed by atoms with E-state index in [0.717, 1.165) is 18.7 Å². The van der Waals surface area contributed by atoms with Crippen molar-refractivity contribution in [1.29, 1.82) is 0 Å². The van der Waals surface area contributed by atoms with Gasteiger partial charge in [-0.1, -0.05) is 0 Å². The van der Waals surface area contributed by atoms with Crippen molar-refractivity contribution in [1.82, 2.24) is 9.80 Å². The van der Waals surface area contributed by atoms with Crippen molar-refractivity contribution in [3.8, 4) is 17.2 Å².